The lowest BCUT2D eigenvalue weighted by atomic mass is 9.83. The summed E-state index contributed by atoms with van der Waals surface area (Å²) in [7, 11) is 0. The predicted octanol–water partition coefficient (Wildman–Crippen LogP) is 2.82. The first-order chi connectivity index (χ1) is 9.81. The zero-order valence-electron chi connectivity index (χ0n) is 12.7. The van der Waals surface area contributed by atoms with E-state index in [0.29, 0.717) is 18.6 Å². The Balaban J connectivity index is 2.26. The van der Waals surface area contributed by atoms with Crippen LogP contribution in [0.4, 0.5) is 5.82 Å². The van der Waals surface area contributed by atoms with E-state index in [4.69, 9.17) is 10.5 Å². The van der Waals surface area contributed by atoms with Crippen LogP contribution in [0.25, 0.3) is 0 Å². The second kappa shape index (κ2) is 7.48. The van der Waals surface area contributed by atoms with Crippen LogP contribution in [-0.2, 0) is 0 Å². The summed E-state index contributed by atoms with van der Waals surface area (Å²) in [6.45, 7) is 6.57. The summed E-state index contributed by atoms with van der Waals surface area (Å²) >= 11 is 0. The highest BCUT2D eigenvalue weighted by molar-refractivity contribution is 5.53. The lowest BCUT2D eigenvalue weighted by molar-refractivity contribution is 0.294. The Morgan fingerprint density at radius 1 is 1.35 bits per heavy atom. The Kier molecular flexibility index (Phi) is 5.65. The van der Waals surface area contributed by atoms with E-state index in [9.17, 15) is 0 Å². The van der Waals surface area contributed by atoms with Gasteiger partial charge >= 0.3 is 0 Å². The monoisotopic (exact) mass is 277 g/mol. The minimum absolute atomic E-state index is 0.493. The molecule has 1 saturated carbocycles. The quantitative estimate of drug-likeness (QED) is 0.868. The molecule has 1 aliphatic rings. The molecule has 0 bridgehead atoms. The summed E-state index contributed by atoms with van der Waals surface area (Å²) < 4.78 is 5.74. The van der Waals surface area contributed by atoms with Crippen LogP contribution in [-0.4, -0.2) is 30.7 Å². The number of pyridine rings is 1. The van der Waals surface area contributed by atoms with Gasteiger partial charge in [-0.15, -0.1) is 0 Å². The molecule has 2 N–H and O–H groups in total. The standard InChI is InChI=1S/C16H27N3O/c1-3-19(14-9-6-5-8-13(14)12-17)16-15(20-4-2)10-7-11-18-16/h7,10-11,13-14H,3-6,8-9,12,17H2,1-2H3. The Morgan fingerprint density at radius 2 is 2.15 bits per heavy atom. The van der Waals surface area contributed by atoms with Gasteiger partial charge in [0.25, 0.3) is 0 Å². The Labute approximate surface area is 122 Å². The molecule has 1 aromatic rings. The molecule has 0 saturated heterocycles. The Morgan fingerprint density at radius 3 is 2.85 bits per heavy atom. The van der Waals surface area contributed by atoms with Gasteiger partial charge in [-0.25, -0.2) is 4.98 Å². The number of hydrogen-bond donors (Lipinski definition) is 1. The molecule has 0 aliphatic heterocycles. The third kappa shape index (κ3) is 3.23. The van der Waals surface area contributed by atoms with Crippen LogP contribution >= 0.6 is 0 Å². The van der Waals surface area contributed by atoms with Gasteiger partial charge in [0.05, 0.1) is 6.61 Å². The third-order valence-corrected chi connectivity index (χ3v) is 4.24. The maximum absolute atomic E-state index is 5.98. The smallest absolute Gasteiger partial charge is 0.171 e. The van der Waals surface area contributed by atoms with Gasteiger partial charge in [-0.2, -0.15) is 0 Å². The minimum Gasteiger partial charge on any atom is -0.490 e. The number of ether oxygens (including phenoxy) is 1. The molecule has 2 atom stereocenters. The first-order valence-corrected chi connectivity index (χ1v) is 7.86. The van der Waals surface area contributed by atoms with Crippen molar-refractivity contribution in [1.29, 1.82) is 0 Å². The van der Waals surface area contributed by atoms with Crippen molar-refractivity contribution in [3.63, 3.8) is 0 Å². The van der Waals surface area contributed by atoms with Gasteiger partial charge < -0.3 is 15.4 Å². The maximum atomic E-state index is 5.98. The summed E-state index contributed by atoms with van der Waals surface area (Å²) in [5, 5.41) is 0. The zero-order valence-corrected chi connectivity index (χ0v) is 12.7. The van der Waals surface area contributed by atoms with Crippen LogP contribution in [0.15, 0.2) is 18.3 Å². The van der Waals surface area contributed by atoms with E-state index in [1.807, 2.05) is 25.3 Å². The fourth-order valence-corrected chi connectivity index (χ4v) is 3.28. The molecule has 0 radical (unpaired) electrons. The number of hydrogen-bond acceptors (Lipinski definition) is 4. The summed E-state index contributed by atoms with van der Waals surface area (Å²) in [6, 6.07) is 4.44. The SMILES string of the molecule is CCOc1cccnc1N(CC)C1CCCCC1CN. The van der Waals surface area contributed by atoms with Gasteiger partial charge in [-0.3, -0.25) is 0 Å². The minimum atomic E-state index is 0.493. The highest BCUT2D eigenvalue weighted by Crippen LogP contribution is 2.34. The number of anilines is 1. The van der Waals surface area contributed by atoms with Crippen molar-refractivity contribution in [3.05, 3.63) is 18.3 Å². The average molecular weight is 277 g/mol. The van der Waals surface area contributed by atoms with Gasteiger partial charge in [0.2, 0.25) is 0 Å². The number of nitrogens with two attached hydrogens (primary N) is 1. The maximum Gasteiger partial charge on any atom is 0.171 e. The molecular formula is C16H27N3O. The fourth-order valence-electron chi connectivity index (χ4n) is 3.28. The molecule has 4 nitrogen and oxygen atoms in total. The van der Waals surface area contributed by atoms with Crippen LogP contribution < -0.4 is 15.4 Å². The first-order valence-electron chi connectivity index (χ1n) is 7.86. The largest absolute Gasteiger partial charge is 0.490 e. The predicted molar refractivity (Wildman–Crippen MR) is 83.2 cm³/mol. The van der Waals surface area contributed by atoms with Gasteiger partial charge in [0.1, 0.15) is 0 Å². The molecule has 0 spiro atoms. The van der Waals surface area contributed by atoms with E-state index < -0.39 is 0 Å². The highest BCUT2D eigenvalue weighted by atomic mass is 16.5. The third-order valence-electron chi connectivity index (χ3n) is 4.24. The topological polar surface area (TPSA) is 51.4 Å². The molecular weight excluding hydrogens is 250 g/mol. The zero-order chi connectivity index (χ0) is 14.4. The molecule has 1 fully saturated rings. The van der Waals surface area contributed by atoms with Crippen LogP contribution in [0.3, 0.4) is 0 Å². The normalized spacial score (nSPS) is 22.6. The molecule has 112 valence electrons. The molecule has 1 aliphatic carbocycles. The number of aromatic nitrogens is 1. The molecule has 0 amide bonds. The molecule has 20 heavy (non-hydrogen) atoms. The Hall–Kier alpha value is -1.29. The van der Waals surface area contributed by atoms with Crippen molar-refractivity contribution in [2.75, 3.05) is 24.6 Å². The molecule has 2 unspecified atom stereocenters. The van der Waals surface area contributed by atoms with Crippen LogP contribution in [0.2, 0.25) is 0 Å². The summed E-state index contributed by atoms with van der Waals surface area (Å²) in [5.41, 5.74) is 5.98. The second-order valence-electron chi connectivity index (χ2n) is 5.39. The average Bonchev–Trinajstić information content (AvgIpc) is 2.50. The van der Waals surface area contributed by atoms with E-state index in [2.05, 4.69) is 16.8 Å². The van der Waals surface area contributed by atoms with Crippen LogP contribution in [0.5, 0.6) is 5.75 Å². The van der Waals surface area contributed by atoms with Crippen molar-refractivity contribution in [2.24, 2.45) is 11.7 Å². The van der Waals surface area contributed by atoms with Crippen LogP contribution in [0, 0.1) is 5.92 Å². The highest BCUT2D eigenvalue weighted by Gasteiger charge is 2.30. The first kappa shape index (κ1) is 15.1. The van der Waals surface area contributed by atoms with Gasteiger partial charge in [0.15, 0.2) is 11.6 Å². The van der Waals surface area contributed by atoms with Crippen molar-refractivity contribution in [3.8, 4) is 5.75 Å². The lowest BCUT2D eigenvalue weighted by Gasteiger charge is -2.40. The number of rotatable bonds is 6. The van der Waals surface area contributed by atoms with E-state index in [0.717, 1.165) is 24.7 Å². The van der Waals surface area contributed by atoms with Crippen molar-refractivity contribution in [2.45, 2.75) is 45.6 Å². The van der Waals surface area contributed by atoms with Gasteiger partial charge in [-0.05, 0) is 51.3 Å². The summed E-state index contributed by atoms with van der Waals surface area (Å²) in [4.78, 5) is 6.96. The van der Waals surface area contributed by atoms with Gasteiger partial charge in [-0.1, -0.05) is 12.8 Å². The fraction of sp³-hybridized carbons (Fsp3) is 0.688. The lowest BCUT2D eigenvalue weighted by Crippen LogP contribution is -2.45. The van der Waals surface area contributed by atoms with Crippen molar-refractivity contribution >= 4 is 5.82 Å². The second-order valence-corrected chi connectivity index (χ2v) is 5.39. The van der Waals surface area contributed by atoms with Crippen LogP contribution in [0.1, 0.15) is 39.5 Å². The molecule has 1 heterocycles. The molecule has 2 rings (SSSR count). The Bertz CT molecular complexity index is 410. The van der Waals surface area contributed by atoms with Gasteiger partial charge in [0, 0.05) is 18.8 Å². The van der Waals surface area contributed by atoms with E-state index in [1.54, 1.807) is 0 Å². The summed E-state index contributed by atoms with van der Waals surface area (Å²) in [5.74, 6) is 2.43. The molecule has 4 heteroatoms. The summed E-state index contributed by atoms with van der Waals surface area (Å²) in [6.07, 6.45) is 6.87. The van der Waals surface area contributed by atoms with E-state index in [-0.39, 0.29) is 0 Å². The van der Waals surface area contributed by atoms with E-state index in [1.165, 1.54) is 25.7 Å². The van der Waals surface area contributed by atoms with Crippen molar-refractivity contribution < 1.29 is 4.74 Å². The van der Waals surface area contributed by atoms with E-state index >= 15 is 0 Å². The molecule has 0 aromatic carbocycles. The molecule has 1 aromatic heterocycles. The number of nitrogens with zero attached hydrogens (tertiary/aromatic N) is 2. The van der Waals surface area contributed by atoms with Crippen molar-refractivity contribution in [1.82, 2.24) is 4.98 Å².